The summed E-state index contributed by atoms with van der Waals surface area (Å²) in [6.45, 7) is 5.60. The number of rotatable bonds is 4. The highest BCUT2D eigenvalue weighted by Gasteiger charge is 2.25. The van der Waals surface area contributed by atoms with Crippen molar-refractivity contribution in [2.24, 2.45) is 11.7 Å². The average molecular weight is 281 g/mol. The minimum atomic E-state index is 0. The van der Waals surface area contributed by atoms with Gasteiger partial charge in [-0.3, -0.25) is 4.90 Å². The Morgan fingerprint density at radius 1 is 1.21 bits per heavy atom. The van der Waals surface area contributed by atoms with Gasteiger partial charge < -0.3 is 5.73 Å². The number of halogens is 1. The number of benzene rings is 1. The third-order valence-electron chi connectivity index (χ3n) is 4.49. The minimum absolute atomic E-state index is 0. The van der Waals surface area contributed by atoms with Gasteiger partial charge in [-0.1, -0.05) is 24.3 Å². The quantitative estimate of drug-likeness (QED) is 0.918. The Kier molecular flexibility index (Phi) is 4.88. The van der Waals surface area contributed by atoms with Crippen molar-refractivity contribution in [1.29, 1.82) is 0 Å². The number of hydrogen-bond acceptors (Lipinski definition) is 2. The largest absolute Gasteiger partial charge is 0.328 e. The molecule has 2 nitrogen and oxygen atoms in total. The van der Waals surface area contributed by atoms with Gasteiger partial charge in [0.15, 0.2) is 0 Å². The number of nitrogens with two attached hydrogens (primary N) is 1. The Morgan fingerprint density at radius 3 is 2.42 bits per heavy atom. The van der Waals surface area contributed by atoms with Crippen molar-refractivity contribution in [3.8, 4) is 0 Å². The zero-order valence-corrected chi connectivity index (χ0v) is 12.5. The van der Waals surface area contributed by atoms with Crippen LogP contribution in [0.2, 0.25) is 0 Å². The van der Waals surface area contributed by atoms with Gasteiger partial charge in [0.25, 0.3) is 0 Å². The topological polar surface area (TPSA) is 29.3 Å². The molecule has 0 spiro atoms. The zero-order chi connectivity index (χ0) is 12.5. The lowest BCUT2D eigenvalue weighted by Crippen LogP contribution is -2.29. The van der Waals surface area contributed by atoms with Crippen LogP contribution in [0.4, 0.5) is 0 Å². The summed E-state index contributed by atoms with van der Waals surface area (Å²) in [5.41, 5.74) is 8.97. The normalized spacial score (nSPS) is 25.1. The summed E-state index contributed by atoms with van der Waals surface area (Å²) in [4.78, 5) is 2.54. The van der Waals surface area contributed by atoms with Crippen molar-refractivity contribution in [3.63, 3.8) is 0 Å². The van der Waals surface area contributed by atoms with Crippen molar-refractivity contribution < 1.29 is 0 Å². The van der Waals surface area contributed by atoms with Gasteiger partial charge in [0.1, 0.15) is 0 Å². The highest BCUT2D eigenvalue weighted by molar-refractivity contribution is 5.85. The summed E-state index contributed by atoms with van der Waals surface area (Å²) in [5.74, 6) is 1.56. The molecule has 3 rings (SSSR count). The first-order chi connectivity index (χ1) is 8.72. The molecule has 1 aliphatic carbocycles. The second-order valence-corrected chi connectivity index (χ2v) is 6.16. The van der Waals surface area contributed by atoms with E-state index in [1.165, 1.54) is 43.5 Å². The van der Waals surface area contributed by atoms with Crippen LogP contribution in [0.3, 0.4) is 0 Å². The van der Waals surface area contributed by atoms with Gasteiger partial charge >= 0.3 is 0 Å². The Bertz CT molecular complexity index is 398. The lowest BCUT2D eigenvalue weighted by atomic mass is 10.0. The maximum Gasteiger partial charge on any atom is 0.0233 e. The van der Waals surface area contributed by atoms with Gasteiger partial charge in [-0.25, -0.2) is 0 Å². The molecular formula is C16H25ClN2. The molecule has 2 fully saturated rings. The monoisotopic (exact) mass is 280 g/mol. The summed E-state index contributed by atoms with van der Waals surface area (Å²) in [5, 5.41) is 0. The van der Waals surface area contributed by atoms with Gasteiger partial charge in [0.2, 0.25) is 0 Å². The fourth-order valence-corrected chi connectivity index (χ4v) is 3.01. The standard InChI is InChI=1S/C16H24N2.ClH/c1-12(17)16-8-9-18(11-16)10-13-2-4-14(5-3-13)15-6-7-15;/h2-5,12,15-16H,6-11,17H2,1H3;1H. The molecule has 1 saturated heterocycles. The Morgan fingerprint density at radius 2 is 1.89 bits per heavy atom. The molecule has 1 aromatic rings. The predicted octanol–water partition coefficient (Wildman–Crippen LogP) is 3.15. The molecule has 0 radical (unpaired) electrons. The van der Waals surface area contributed by atoms with Gasteiger partial charge in [-0.15, -0.1) is 12.4 Å². The van der Waals surface area contributed by atoms with Crippen LogP contribution >= 0.6 is 12.4 Å². The van der Waals surface area contributed by atoms with Crippen molar-refractivity contribution in [2.75, 3.05) is 13.1 Å². The lowest BCUT2D eigenvalue weighted by Gasteiger charge is -2.18. The second kappa shape index (κ2) is 6.25. The molecule has 2 unspecified atom stereocenters. The van der Waals surface area contributed by atoms with Gasteiger partial charge in [-0.05, 0) is 55.7 Å². The smallest absolute Gasteiger partial charge is 0.0233 e. The third-order valence-corrected chi connectivity index (χ3v) is 4.49. The molecule has 0 aromatic heterocycles. The molecule has 1 saturated carbocycles. The Hall–Kier alpha value is -0.570. The summed E-state index contributed by atoms with van der Waals surface area (Å²) in [6.07, 6.45) is 4.04. The van der Waals surface area contributed by atoms with E-state index in [-0.39, 0.29) is 12.4 Å². The summed E-state index contributed by atoms with van der Waals surface area (Å²) in [7, 11) is 0. The minimum Gasteiger partial charge on any atom is -0.328 e. The molecular weight excluding hydrogens is 256 g/mol. The maximum atomic E-state index is 5.99. The SMILES string of the molecule is CC(N)C1CCN(Cc2ccc(C3CC3)cc2)C1.Cl. The van der Waals surface area contributed by atoms with Crippen LogP contribution in [0, 0.1) is 5.92 Å². The molecule has 0 amide bonds. The van der Waals surface area contributed by atoms with E-state index in [1.54, 1.807) is 0 Å². The molecule has 2 aliphatic rings. The van der Waals surface area contributed by atoms with Crippen molar-refractivity contribution >= 4 is 12.4 Å². The lowest BCUT2D eigenvalue weighted by molar-refractivity contribution is 0.308. The Balaban J connectivity index is 0.00000133. The average Bonchev–Trinajstić information content (AvgIpc) is 3.10. The second-order valence-electron chi connectivity index (χ2n) is 6.16. The Labute approximate surface area is 122 Å². The van der Waals surface area contributed by atoms with Gasteiger partial charge in [0.05, 0.1) is 0 Å². The van der Waals surface area contributed by atoms with Crippen LogP contribution in [0.5, 0.6) is 0 Å². The predicted molar refractivity (Wildman–Crippen MR) is 82.7 cm³/mol. The third kappa shape index (κ3) is 3.71. The van der Waals surface area contributed by atoms with Crippen LogP contribution in [0.25, 0.3) is 0 Å². The molecule has 106 valence electrons. The van der Waals surface area contributed by atoms with E-state index in [1.807, 2.05) is 0 Å². The number of nitrogens with zero attached hydrogens (tertiary/aromatic N) is 1. The molecule has 1 aromatic carbocycles. The van der Waals surface area contributed by atoms with Gasteiger partial charge in [-0.2, -0.15) is 0 Å². The van der Waals surface area contributed by atoms with E-state index in [4.69, 9.17) is 5.73 Å². The van der Waals surface area contributed by atoms with E-state index >= 15 is 0 Å². The van der Waals surface area contributed by atoms with Crippen LogP contribution in [-0.4, -0.2) is 24.0 Å². The molecule has 1 aliphatic heterocycles. The van der Waals surface area contributed by atoms with E-state index in [0.29, 0.717) is 12.0 Å². The first-order valence-corrected chi connectivity index (χ1v) is 7.29. The first kappa shape index (κ1) is 14.8. The summed E-state index contributed by atoms with van der Waals surface area (Å²) in [6, 6.07) is 9.62. The molecule has 2 N–H and O–H groups in total. The fraction of sp³-hybridized carbons (Fsp3) is 0.625. The van der Waals surface area contributed by atoms with Crippen LogP contribution in [0.15, 0.2) is 24.3 Å². The molecule has 3 heteroatoms. The first-order valence-electron chi connectivity index (χ1n) is 7.29. The molecule has 19 heavy (non-hydrogen) atoms. The van der Waals surface area contributed by atoms with Crippen molar-refractivity contribution in [1.82, 2.24) is 4.90 Å². The van der Waals surface area contributed by atoms with E-state index < -0.39 is 0 Å². The summed E-state index contributed by atoms with van der Waals surface area (Å²) >= 11 is 0. The maximum absolute atomic E-state index is 5.99. The van der Waals surface area contributed by atoms with Crippen molar-refractivity contribution in [2.45, 2.75) is 44.7 Å². The van der Waals surface area contributed by atoms with Crippen LogP contribution in [-0.2, 0) is 6.54 Å². The molecule has 0 bridgehead atoms. The number of likely N-dealkylation sites (tertiary alicyclic amines) is 1. The van der Waals surface area contributed by atoms with Gasteiger partial charge in [0, 0.05) is 19.1 Å². The highest BCUT2D eigenvalue weighted by atomic mass is 35.5. The van der Waals surface area contributed by atoms with E-state index in [0.717, 1.165) is 12.5 Å². The fourth-order valence-electron chi connectivity index (χ4n) is 3.01. The van der Waals surface area contributed by atoms with Crippen LogP contribution in [0.1, 0.15) is 43.2 Å². The zero-order valence-electron chi connectivity index (χ0n) is 11.7. The van der Waals surface area contributed by atoms with Crippen LogP contribution < -0.4 is 5.73 Å². The van der Waals surface area contributed by atoms with E-state index in [2.05, 4.69) is 36.1 Å². The highest BCUT2D eigenvalue weighted by Crippen LogP contribution is 2.39. The summed E-state index contributed by atoms with van der Waals surface area (Å²) < 4.78 is 0. The van der Waals surface area contributed by atoms with E-state index in [9.17, 15) is 0 Å². The van der Waals surface area contributed by atoms with Crippen molar-refractivity contribution in [3.05, 3.63) is 35.4 Å². The number of hydrogen-bond donors (Lipinski definition) is 1. The molecule has 2 atom stereocenters. The molecule has 1 heterocycles.